The topological polar surface area (TPSA) is 72.9 Å². The fraction of sp³-hybridized carbons (Fsp3) is 0.450. The van der Waals surface area contributed by atoms with E-state index in [0.717, 1.165) is 0 Å². The Morgan fingerprint density at radius 1 is 1.22 bits per heavy atom. The van der Waals surface area contributed by atoms with Gasteiger partial charge in [0.2, 0.25) is 9.84 Å². The molecule has 0 aliphatic carbocycles. The maximum absolute atomic E-state index is 13.0. The fourth-order valence-electron chi connectivity index (χ4n) is 2.37. The smallest absolute Gasteiger partial charge is 0.350 e. The maximum atomic E-state index is 13.0. The molecule has 148 valence electrons. The van der Waals surface area contributed by atoms with Crippen molar-refractivity contribution in [3.05, 3.63) is 53.3 Å². The van der Waals surface area contributed by atoms with Gasteiger partial charge in [0.1, 0.15) is 12.2 Å². The van der Waals surface area contributed by atoms with Crippen molar-refractivity contribution in [2.75, 3.05) is 13.7 Å². The minimum atomic E-state index is -4.04. The molecule has 6 nitrogen and oxygen atoms in total. The third kappa shape index (κ3) is 4.91. The molecule has 2 rings (SSSR count). The SMILES string of the molecule is CN1/C(=C/C=C(/C(=O)OC(C)(C)C)S(=O)(=O)c2ccccc2)OCC1(C)C. The molecule has 0 unspecified atom stereocenters. The Kier molecular flexibility index (Phi) is 5.75. The molecule has 0 spiro atoms. The second-order valence-electron chi connectivity index (χ2n) is 8.01. The summed E-state index contributed by atoms with van der Waals surface area (Å²) in [6.45, 7) is 9.54. The van der Waals surface area contributed by atoms with Crippen LogP contribution >= 0.6 is 0 Å². The highest BCUT2D eigenvalue weighted by molar-refractivity contribution is 7.96. The van der Waals surface area contributed by atoms with E-state index in [4.69, 9.17) is 9.47 Å². The molecule has 1 aromatic rings. The lowest BCUT2D eigenvalue weighted by Gasteiger charge is -2.25. The Balaban J connectivity index is 2.50. The number of ether oxygens (including phenoxy) is 2. The van der Waals surface area contributed by atoms with E-state index in [9.17, 15) is 13.2 Å². The third-order valence-electron chi connectivity index (χ3n) is 4.13. The van der Waals surface area contributed by atoms with Gasteiger partial charge in [0.05, 0.1) is 10.4 Å². The van der Waals surface area contributed by atoms with Crippen LogP contribution in [-0.2, 0) is 24.1 Å². The van der Waals surface area contributed by atoms with E-state index >= 15 is 0 Å². The number of allylic oxidation sites excluding steroid dienone is 2. The normalized spacial score (nSPS) is 19.1. The highest BCUT2D eigenvalue weighted by Crippen LogP contribution is 2.28. The lowest BCUT2D eigenvalue weighted by atomic mass is 10.1. The van der Waals surface area contributed by atoms with Crippen LogP contribution in [0.1, 0.15) is 34.6 Å². The van der Waals surface area contributed by atoms with Crippen molar-refractivity contribution in [1.29, 1.82) is 0 Å². The van der Waals surface area contributed by atoms with E-state index in [1.54, 1.807) is 39.0 Å². The zero-order valence-corrected chi connectivity index (χ0v) is 17.5. The molecule has 1 aliphatic heterocycles. The molecule has 1 aromatic carbocycles. The minimum absolute atomic E-state index is 0.0292. The molecule has 1 fully saturated rings. The molecule has 0 bridgehead atoms. The molecule has 0 radical (unpaired) electrons. The van der Waals surface area contributed by atoms with Crippen LogP contribution in [0.25, 0.3) is 0 Å². The van der Waals surface area contributed by atoms with Crippen LogP contribution in [0, 0.1) is 0 Å². The molecule has 0 N–H and O–H groups in total. The van der Waals surface area contributed by atoms with Crippen LogP contribution in [0.5, 0.6) is 0 Å². The minimum Gasteiger partial charge on any atom is -0.477 e. The quantitative estimate of drug-likeness (QED) is 0.577. The number of likely N-dealkylation sites (N-methyl/N-ethyl adjacent to an activating group) is 1. The van der Waals surface area contributed by atoms with Gasteiger partial charge in [-0.3, -0.25) is 0 Å². The zero-order chi connectivity index (χ0) is 20.5. The summed E-state index contributed by atoms with van der Waals surface area (Å²) >= 11 is 0. The summed E-state index contributed by atoms with van der Waals surface area (Å²) in [5.74, 6) is -0.410. The van der Waals surface area contributed by atoms with Gasteiger partial charge >= 0.3 is 5.97 Å². The average Bonchev–Trinajstić information content (AvgIpc) is 2.81. The highest BCUT2D eigenvalue weighted by Gasteiger charge is 2.35. The van der Waals surface area contributed by atoms with Crippen molar-refractivity contribution in [1.82, 2.24) is 4.90 Å². The Hall–Kier alpha value is -2.28. The molecule has 0 saturated carbocycles. The van der Waals surface area contributed by atoms with Crippen molar-refractivity contribution in [3.63, 3.8) is 0 Å². The number of rotatable bonds is 4. The van der Waals surface area contributed by atoms with Gasteiger partial charge < -0.3 is 14.4 Å². The molecule has 27 heavy (non-hydrogen) atoms. The number of hydrogen-bond donors (Lipinski definition) is 0. The van der Waals surface area contributed by atoms with E-state index in [1.165, 1.54) is 24.3 Å². The van der Waals surface area contributed by atoms with Crippen LogP contribution in [0.4, 0.5) is 0 Å². The molecular weight excluding hydrogens is 366 g/mol. The Labute approximate surface area is 161 Å². The average molecular weight is 394 g/mol. The first kappa shape index (κ1) is 21.0. The van der Waals surface area contributed by atoms with Gasteiger partial charge in [-0.15, -0.1) is 0 Å². The standard InChI is InChI=1S/C20H27NO5S/c1-19(2,3)26-18(22)16(27(23,24)15-10-8-7-9-11-15)12-13-17-21(6)20(4,5)14-25-17/h7-13H,14H2,1-6H3/b16-12-,17-13-. The Bertz CT molecular complexity index is 861. The number of sulfone groups is 1. The molecule has 1 heterocycles. The molecule has 1 saturated heterocycles. The summed E-state index contributed by atoms with van der Waals surface area (Å²) in [4.78, 5) is 14.1. The number of nitrogens with zero attached hydrogens (tertiary/aromatic N) is 1. The van der Waals surface area contributed by atoms with Gasteiger partial charge in [0.25, 0.3) is 0 Å². The molecule has 1 aliphatic rings. The van der Waals surface area contributed by atoms with Crippen molar-refractivity contribution >= 4 is 15.8 Å². The van der Waals surface area contributed by atoms with Crippen molar-refractivity contribution in [2.45, 2.75) is 50.7 Å². The lowest BCUT2D eigenvalue weighted by Crippen LogP contribution is -2.36. The second-order valence-corrected chi connectivity index (χ2v) is 9.93. The summed E-state index contributed by atoms with van der Waals surface area (Å²) in [5, 5.41) is 0. The predicted molar refractivity (Wildman–Crippen MR) is 103 cm³/mol. The first-order chi connectivity index (χ1) is 12.3. The highest BCUT2D eigenvalue weighted by atomic mass is 32.2. The summed E-state index contributed by atoms with van der Waals surface area (Å²) in [7, 11) is -2.19. The summed E-state index contributed by atoms with van der Waals surface area (Å²) < 4.78 is 37.0. The third-order valence-corrected chi connectivity index (χ3v) is 5.91. The Morgan fingerprint density at radius 3 is 2.30 bits per heavy atom. The first-order valence-electron chi connectivity index (χ1n) is 8.67. The van der Waals surface area contributed by atoms with Gasteiger partial charge in [-0.25, -0.2) is 13.2 Å². The summed E-state index contributed by atoms with van der Waals surface area (Å²) in [6, 6.07) is 7.81. The number of esters is 1. The van der Waals surface area contributed by atoms with Gasteiger partial charge in [-0.1, -0.05) is 18.2 Å². The maximum Gasteiger partial charge on any atom is 0.350 e. The molecular formula is C20H27NO5S. The first-order valence-corrected chi connectivity index (χ1v) is 10.1. The monoisotopic (exact) mass is 393 g/mol. The largest absolute Gasteiger partial charge is 0.477 e. The van der Waals surface area contributed by atoms with E-state index in [0.29, 0.717) is 12.5 Å². The number of carbonyl (C=O) groups excluding carboxylic acids is 1. The lowest BCUT2D eigenvalue weighted by molar-refractivity contribution is -0.148. The number of hydrogen-bond acceptors (Lipinski definition) is 6. The van der Waals surface area contributed by atoms with E-state index in [2.05, 4.69) is 0 Å². The van der Waals surface area contributed by atoms with Crippen LogP contribution in [0.2, 0.25) is 0 Å². The van der Waals surface area contributed by atoms with Gasteiger partial charge in [0.15, 0.2) is 10.8 Å². The van der Waals surface area contributed by atoms with Crippen LogP contribution in [0.3, 0.4) is 0 Å². The van der Waals surface area contributed by atoms with Gasteiger partial charge in [-0.05, 0) is 58.9 Å². The summed E-state index contributed by atoms with van der Waals surface area (Å²) in [5.41, 5.74) is -1.04. The molecule has 7 heteroatoms. The van der Waals surface area contributed by atoms with E-state index in [1.807, 2.05) is 25.8 Å². The van der Waals surface area contributed by atoms with Crippen LogP contribution < -0.4 is 0 Å². The second kappa shape index (κ2) is 7.38. The fourth-order valence-corrected chi connectivity index (χ4v) is 3.65. The predicted octanol–water partition coefficient (Wildman–Crippen LogP) is 3.27. The summed E-state index contributed by atoms with van der Waals surface area (Å²) in [6.07, 6.45) is 2.75. The zero-order valence-electron chi connectivity index (χ0n) is 16.6. The van der Waals surface area contributed by atoms with Crippen molar-refractivity contribution < 1.29 is 22.7 Å². The molecule has 0 amide bonds. The number of carbonyl (C=O) groups is 1. The van der Waals surface area contributed by atoms with Gasteiger partial charge in [0, 0.05) is 7.05 Å². The number of benzene rings is 1. The van der Waals surface area contributed by atoms with Gasteiger partial charge in [-0.2, -0.15) is 0 Å². The molecule has 0 atom stereocenters. The Morgan fingerprint density at radius 2 is 1.81 bits per heavy atom. The van der Waals surface area contributed by atoms with Crippen molar-refractivity contribution in [3.8, 4) is 0 Å². The van der Waals surface area contributed by atoms with Crippen molar-refractivity contribution in [2.24, 2.45) is 0 Å². The van der Waals surface area contributed by atoms with Crippen LogP contribution in [0.15, 0.2) is 58.2 Å². The van der Waals surface area contributed by atoms with E-state index < -0.39 is 26.3 Å². The molecule has 0 aromatic heterocycles. The van der Waals surface area contributed by atoms with Crippen LogP contribution in [-0.4, -0.2) is 44.1 Å². The van der Waals surface area contributed by atoms with E-state index in [-0.39, 0.29) is 10.4 Å².